The lowest BCUT2D eigenvalue weighted by atomic mass is 9.49. The minimum Gasteiger partial charge on any atom is -0.481 e. The van der Waals surface area contributed by atoms with Crippen molar-refractivity contribution in [3.05, 3.63) is 335 Å². The topological polar surface area (TPSA) is 141 Å². The second kappa shape index (κ2) is 40.3. The Labute approximate surface area is 758 Å². The molecule has 0 spiro atoms. The number of hydrogen-bond acceptors (Lipinski definition) is 11. The van der Waals surface area contributed by atoms with Crippen LogP contribution in [0.25, 0.3) is 0 Å². The number of halogens is 3. The zero-order chi connectivity index (χ0) is 90.0. The van der Waals surface area contributed by atoms with Crippen molar-refractivity contribution in [3.8, 4) is 17.2 Å². The summed E-state index contributed by atoms with van der Waals surface area (Å²) >= 11 is 0. The van der Waals surface area contributed by atoms with Gasteiger partial charge in [-0.2, -0.15) is 13.2 Å². The van der Waals surface area contributed by atoms with E-state index in [-0.39, 0.29) is 72.8 Å². The number of hydrogen-bond donors (Lipinski definition) is 0. The summed E-state index contributed by atoms with van der Waals surface area (Å²) < 4.78 is 70.5. The van der Waals surface area contributed by atoms with Gasteiger partial charge in [0.15, 0.2) is 60.5 Å². The number of fused-ring (bicyclic) bond motifs is 2. The molecule has 7 aliphatic rings. The molecule has 18 heteroatoms. The van der Waals surface area contributed by atoms with E-state index in [9.17, 15) is 37.1 Å². The van der Waals surface area contributed by atoms with Crippen molar-refractivity contribution in [2.45, 2.75) is 219 Å². The number of allylic oxidation sites excluding steroid dienone is 4. The molecule has 1 aliphatic heterocycles. The highest BCUT2D eigenvalue weighted by molar-refractivity contribution is 8.00. The fourth-order valence-electron chi connectivity index (χ4n) is 19.3. The van der Waals surface area contributed by atoms with Crippen LogP contribution in [0.5, 0.6) is 17.2 Å². The SMILES string of the molecule is CC1=C(OC(=O)C23CCC(C)(C(=O)O2)C3(C)C)C(C)CC([S+](c2ccccc2)c2ccccc2)=C1.CCC(=O)Oc1c(C)cc([S+](c2ccccc2)c2ccccc2)cc1C.Cc1cc([S+](c2ccccc2)c2ccccc2)cc(C)c1OC(=O)C12CC3CC(CC(C3)C1)C2.Cc1cc([S+](c2ccccc2)c2ccccc2)cc(C)c1OCC(=O)OCCC(F)(F)F. The lowest BCUT2D eigenvalue weighted by Gasteiger charge is -2.55. The lowest BCUT2D eigenvalue weighted by Crippen LogP contribution is -2.51. The van der Waals surface area contributed by atoms with Crippen molar-refractivity contribution >= 4 is 73.4 Å². The molecule has 0 radical (unpaired) electrons. The zero-order valence-corrected chi connectivity index (χ0v) is 77.7. The first-order valence-corrected chi connectivity index (χ1v) is 48.7. The van der Waals surface area contributed by atoms with E-state index >= 15 is 0 Å². The maximum Gasteiger partial charge on any atom is 0.392 e. The fraction of sp³-hybridized carbons (Fsp3) is 0.312. The van der Waals surface area contributed by atoms with Gasteiger partial charge in [-0.15, -0.1) is 0 Å². The molecular weight excluding hydrogens is 1670 g/mol. The normalized spacial score (nSPS) is 20.4. The third-order valence-electron chi connectivity index (χ3n) is 25.6. The number of alkyl halides is 3. The second-order valence-electron chi connectivity index (χ2n) is 35.0. The average Bonchev–Trinajstić information content (AvgIpc) is 1.53. The van der Waals surface area contributed by atoms with Crippen molar-refractivity contribution in [3.63, 3.8) is 0 Å². The van der Waals surface area contributed by atoms with Crippen LogP contribution in [0.4, 0.5) is 13.2 Å². The molecular formula is C109H113F3O11S4+4. The molecule has 1 saturated heterocycles. The van der Waals surface area contributed by atoms with Crippen molar-refractivity contribution in [2.75, 3.05) is 13.2 Å². The minimum atomic E-state index is -4.36. The molecule has 656 valence electrons. The summed E-state index contributed by atoms with van der Waals surface area (Å²) in [6.07, 6.45) is 6.09. The average molecular weight is 1780 g/mol. The van der Waals surface area contributed by atoms with Crippen molar-refractivity contribution in [2.24, 2.45) is 39.9 Å². The van der Waals surface area contributed by atoms with Gasteiger partial charge in [0, 0.05) is 60.6 Å². The number of ether oxygens (including phenoxy) is 6. The maximum absolute atomic E-state index is 13.6. The number of carbonyl (C=O) groups excluding carboxylic acids is 5. The van der Waals surface area contributed by atoms with Crippen LogP contribution in [0.1, 0.15) is 146 Å². The summed E-state index contributed by atoms with van der Waals surface area (Å²) in [7, 11) is -0.944. The summed E-state index contributed by atoms with van der Waals surface area (Å²) in [6, 6.07) is 96.9. The van der Waals surface area contributed by atoms with E-state index in [0.29, 0.717) is 36.5 Å². The Morgan fingerprint density at radius 3 is 1.06 bits per heavy atom. The maximum atomic E-state index is 13.6. The molecule has 3 atom stereocenters. The predicted octanol–water partition coefficient (Wildman–Crippen LogP) is 26.1. The van der Waals surface area contributed by atoms with Crippen LogP contribution in [-0.2, 0) is 81.8 Å². The van der Waals surface area contributed by atoms with Gasteiger partial charge in [-0.3, -0.25) is 14.4 Å². The highest BCUT2D eigenvalue weighted by atomic mass is 32.2. The Balaban J connectivity index is 0.000000138. The molecule has 11 nitrogen and oxygen atoms in total. The van der Waals surface area contributed by atoms with E-state index in [0.717, 1.165) is 93.0 Å². The molecule has 1 heterocycles. The van der Waals surface area contributed by atoms with E-state index in [1.807, 2.05) is 135 Å². The number of aryl methyl sites for hydroxylation is 6. The molecule has 11 aromatic carbocycles. The molecule has 0 amide bonds. The van der Waals surface area contributed by atoms with Gasteiger partial charge in [0.1, 0.15) is 34.5 Å². The highest BCUT2D eigenvalue weighted by Gasteiger charge is 2.77. The number of carbonyl (C=O) groups is 5. The van der Waals surface area contributed by atoms with Crippen LogP contribution < -0.4 is 14.2 Å². The van der Waals surface area contributed by atoms with Crippen LogP contribution in [0.15, 0.2) is 355 Å². The monoisotopic (exact) mass is 1780 g/mol. The summed E-state index contributed by atoms with van der Waals surface area (Å²) in [5, 5.41) is 0. The summed E-state index contributed by atoms with van der Waals surface area (Å²) in [4.78, 5) is 78.3. The van der Waals surface area contributed by atoms with E-state index in [1.54, 1.807) is 0 Å². The molecule has 18 rings (SSSR count). The molecule has 0 N–H and O–H groups in total. The summed E-state index contributed by atoms with van der Waals surface area (Å²) in [6.45, 7) is 22.6. The fourth-order valence-corrected chi connectivity index (χ4v) is 28.6. The van der Waals surface area contributed by atoms with E-state index in [4.69, 9.17) is 23.7 Å². The Morgan fingerprint density at radius 2 is 0.756 bits per heavy atom. The van der Waals surface area contributed by atoms with Gasteiger partial charge in [-0.05, 0) is 267 Å². The third kappa shape index (κ3) is 20.8. The molecule has 5 saturated carbocycles. The molecule has 127 heavy (non-hydrogen) atoms. The van der Waals surface area contributed by atoms with Crippen molar-refractivity contribution < 1.29 is 65.6 Å². The van der Waals surface area contributed by atoms with Gasteiger partial charge >= 0.3 is 36.0 Å². The van der Waals surface area contributed by atoms with E-state index < -0.39 is 54.2 Å². The highest BCUT2D eigenvalue weighted by Crippen LogP contribution is 2.66. The first-order valence-electron chi connectivity index (χ1n) is 43.8. The Bertz CT molecular complexity index is 5520. The predicted molar refractivity (Wildman–Crippen MR) is 500 cm³/mol. The molecule has 0 aromatic heterocycles. The number of esters is 5. The molecule has 6 aliphatic carbocycles. The van der Waals surface area contributed by atoms with Crippen LogP contribution in [-0.4, -0.2) is 54.8 Å². The lowest BCUT2D eigenvalue weighted by molar-refractivity contribution is -0.180. The summed E-state index contributed by atoms with van der Waals surface area (Å²) in [5.41, 5.74) is 4.01. The Kier molecular flexibility index (Phi) is 29.3. The number of rotatable bonds is 23. The summed E-state index contributed by atoms with van der Waals surface area (Å²) in [5.74, 6) is 3.22. The largest absolute Gasteiger partial charge is 0.481 e. The number of benzene rings is 11. The van der Waals surface area contributed by atoms with Gasteiger partial charge < -0.3 is 28.4 Å². The quantitative estimate of drug-likeness (QED) is 0.0262. The van der Waals surface area contributed by atoms with Crippen LogP contribution in [0, 0.1) is 81.5 Å². The van der Waals surface area contributed by atoms with Gasteiger partial charge in [0.25, 0.3) is 0 Å². The molecule has 6 fully saturated rings. The van der Waals surface area contributed by atoms with Crippen LogP contribution in [0.2, 0.25) is 0 Å². The van der Waals surface area contributed by atoms with Crippen LogP contribution in [0.3, 0.4) is 0 Å². The minimum absolute atomic E-state index is 0.0331. The van der Waals surface area contributed by atoms with Gasteiger partial charge in [0.2, 0.25) is 5.60 Å². The first kappa shape index (κ1) is 92.4. The second-order valence-corrected chi connectivity index (χ2v) is 43.2. The smallest absolute Gasteiger partial charge is 0.392 e. The van der Waals surface area contributed by atoms with Gasteiger partial charge in [0.05, 0.1) is 60.8 Å². The van der Waals surface area contributed by atoms with Crippen LogP contribution >= 0.6 is 0 Å². The molecule has 6 bridgehead atoms. The molecule has 3 unspecified atom stereocenters. The molecule has 11 aromatic rings. The third-order valence-corrected chi connectivity index (χ3v) is 34.5. The Hall–Kier alpha value is -10.8. The van der Waals surface area contributed by atoms with Gasteiger partial charge in [-0.25, -0.2) is 9.59 Å². The van der Waals surface area contributed by atoms with Gasteiger partial charge in [-0.1, -0.05) is 173 Å². The van der Waals surface area contributed by atoms with Crippen molar-refractivity contribution in [1.29, 1.82) is 0 Å². The van der Waals surface area contributed by atoms with Crippen molar-refractivity contribution in [1.82, 2.24) is 0 Å². The van der Waals surface area contributed by atoms with E-state index in [1.165, 1.54) is 73.1 Å². The standard InChI is InChI=1S/C31H33O2S.C30H33O4S.C25H24F3O3S.C23H23O2S/c1-21-13-28(34(26-9-5-3-6-10-26)27-11-7-4-8-12-27)14-22(2)29(21)33-30(32)31-18-23-15-24(19-31)17-25(16-23)20-31;1-20-18-24(35(22-12-8-6-9-13-22)23-14-10-7-11-15-23)19-21(2)25(20)33-27(32)30-17-16-29(5,26(31)34-30)28(30,3)4;1-18-15-22(32(20-9-5-3-6-10-20)21-11-7-4-8-12-21)16-19(2)24(18)31-17-23(29)30-14-13-25(26,27)28;1-4-22(24)25-23-17(2)15-21(16-18(23)3)26(19-11-7-5-8-12-19)20-13-9-6-10-14-20/h3-14,23-25H,15-20H2,1-2H3;6-15,18,21H,16-17,19H2,1-5H3;3-12,15-16H,13-14,17H2,1-2H3;5-16H,4H2,1-3H3/q4*+1. The van der Waals surface area contributed by atoms with E-state index in [2.05, 4.69) is 238 Å². The Morgan fingerprint density at radius 1 is 0.425 bits per heavy atom. The zero-order valence-electron chi connectivity index (χ0n) is 74.4. The first-order chi connectivity index (χ1) is 60.9.